The molecule has 0 radical (unpaired) electrons. The van der Waals surface area contributed by atoms with Gasteiger partial charge in [0.15, 0.2) is 11.6 Å². The Morgan fingerprint density at radius 2 is 1.93 bits per heavy atom. The Labute approximate surface area is 163 Å². The molecule has 0 saturated heterocycles. The SMILES string of the molecule is CCc1c(C)c(C(=O)NCc2ccccn2)n(Cc2ccc(F)c(F)c2)c1C. The Balaban J connectivity index is 1.92. The third kappa shape index (κ3) is 3.96. The smallest absolute Gasteiger partial charge is 0.268 e. The summed E-state index contributed by atoms with van der Waals surface area (Å²) >= 11 is 0. The Morgan fingerprint density at radius 3 is 2.57 bits per heavy atom. The first-order valence-electron chi connectivity index (χ1n) is 9.23. The standard InChI is InChI=1S/C22H23F2N3O/c1-4-18-14(2)21(22(28)26-12-17-7-5-6-10-25-17)27(15(18)3)13-16-8-9-19(23)20(24)11-16/h5-11H,4,12-13H2,1-3H3,(H,26,28). The van der Waals surface area contributed by atoms with Crippen molar-refractivity contribution in [2.24, 2.45) is 0 Å². The van der Waals surface area contributed by atoms with E-state index in [2.05, 4.69) is 10.3 Å². The lowest BCUT2D eigenvalue weighted by Crippen LogP contribution is -2.27. The van der Waals surface area contributed by atoms with Crippen molar-refractivity contribution in [1.82, 2.24) is 14.9 Å². The molecule has 1 N–H and O–H groups in total. The molecule has 28 heavy (non-hydrogen) atoms. The molecule has 0 bridgehead atoms. The van der Waals surface area contributed by atoms with Gasteiger partial charge in [0.2, 0.25) is 0 Å². The zero-order valence-corrected chi connectivity index (χ0v) is 16.2. The van der Waals surface area contributed by atoms with Gasteiger partial charge in [-0.15, -0.1) is 0 Å². The number of carbonyl (C=O) groups is 1. The summed E-state index contributed by atoms with van der Waals surface area (Å²) in [4.78, 5) is 17.2. The molecule has 4 nitrogen and oxygen atoms in total. The molecule has 0 aliphatic heterocycles. The van der Waals surface area contributed by atoms with E-state index >= 15 is 0 Å². The highest BCUT2D eigenvalue weighted by atomic mass is 19.2. The van der Waals surface area contributed by atoms with Gasteiger partial charge < -0.3 is 9.88 Å². The van der Waals surface area contributed by atoms with Crippen LogP contribution in [0, 0.1) is 25.5 Å². The molecule has 2 heterocycles. The van der Waals surface area contributed by atoms with Gasteiger partial charge >= 0.3 is 0 Å². The molecule has 1 amide bonds. The largest absolute Gasteiger partial charge is 0.345 e. The van der Waals surface area contributed by atoms with Crippen molar-refractivity contribution in [3.05, 3.63) is 88.0 Å². The van der Waals surface area contributed by atoms with Gasteiger partial charge in [-0.3, -0.25) is 9.78 Å². The number of nitrogens with one attached hydrogen (secondary N) is 1. The second-order valence-corrected chi connectivity index (χ2v) is 6.73. The first kappa shape index (κ1) is 19.7. The Morgan fingerprint density at radius 1 is 1.14 bits per heavy atom. The van der Waals surface area contributed by atoms with E-state index in [1.165, 1.54) is 12.1 Å². The van der Waals surface area contributed by atoms with E-state index < -0.39 is 11.6 Å². The van der Waals surface area contributed by atoms with Crippen LogP contribution < -0.4 is 5.32 Å². The lowest BCUT2D eigenvalue weighted by atomic mass is 10.1. The zero-order valence-electron chi connectivity index (χ0n) is 16.2. The third-order valence-corrected chi connectivity index (χ3v) is 4.97. The quantitative estimate of drug-likeness (QED) is 0.689. The second-order valence-electron chi connectivity index (χ2n) is 6.73. The molecule has 0 fully saturated rings. The summed E-state index contributed by atoms with van der Waals surface area (Å²) in [5, 5.41) is 2.91. The van der Waals surface area contributed by atoms with Gasteiger partial charge in [0.1, 0.15) is 5.69 Å². The minimum atomic E-state index is -0.893. The highest BCUT2D eigenvalue weighted by Crippen LogP contribution is 2.24. The maximum absolute atomic E-state index is 13.6. The first-order chi connectivity index (χ1) is 13.4. The average Bonchev–Trinajstić information content (AvgIpc) is 2.93. The first-order valence-corrected chi connectivity index (χ1v) is 9.23. The number of rotatable bonds is 6. The average molecular weight is 383 g/mol. The maximum Gasteiger partial charge on any atom is 0.268 e. The van der Waals surface area contributed by atoms with E-state index in [0.717, 1.165) is 35.0 Å². The van der Waals surface area contributed by atoms with Crippen LogP contribution in [0.15, 0.2) is 42.6 Å². The minimum absolute atomic E-state index is 0.214. The van der Waals surface area contributed by atoms with Gasteiger partial charge in [-0.05, 0) is 61.2 Å². The van der Waals surface area contributed by atoms with Gasteiger partial charge in [0.05, 0.1) is 12.2 Å². The third-order valence-electron chi connectivity index (χ3n) is 4.97. The van der Waals surface area contributed by atoms with Crippen LogP contribution in [-0.4, -0.2) is 15.5 Å². The molecular weight excluding hydrogens is 360 g/mol. The number of hydrogen-bond acceptors (Lipinski definition) is 2. The fraction of sp³-hybridized carbons (Fsp3) is 0.273. The van der Waals surface area contributed by atoms with E-state index in [9.17, 15) is 13.6 Å². The molecule has 3 rings (SSSR count). The second kappa shape index (κ2) is 8.33. The minimum Gasteiger partial charge on any atom is -0.345 e. The molecule has 0 aliphatic rings. The van der Waals surface area contributed by atoms with E-state index in [0.29, 0.717) is 17.8 Å². The molecule has 0 unspecified atom stereocenters. The van der Waals surface area contributed by atoms with Crippen LogP contribution in [0.2, 0.25) is 0 Å². The number of nitrogens with zero attached hydrogens (tertiary/aromatic N) is 2. The van der Waals surface area contributed by atoms with Crippen LogP contribution in [0.3, 0.4) is 0 Å². The summed E-state index contributed by atoms with van der Waals surface area (Å²) in [5.41, 5.74) is 4.84. The van der Waals surface area contributed by atoms with E-state index in [-0.39, 0.29) is 12.5 Å². The van der Waals surface area contributed by atoms with Crippen molar-refractivity contribution in [2.45, 2.75) is 40.3 Å². The van der Waals surface area contributed by atoms with Crippen molar-refractivity contribution in [3.63, 3.8) is 0 Å². The van der Waals surface area contributed by atoms with Crippen LogP contribution in [0.1, 0.15) is 45.5 Å². The molecule has 0 spiro atoms. The molecule has 6 heteroatoms. The molecular formula is C22H23F2N3O. The highest BCUT2D eigenvalue weighted by molar-refractivity contribution is 5.95. The van der Waals surface area contributed by atoms with Crippen molar-refractivity contribution >= 4 is 5.91 Å². The number of benzene rings is 1. The van der Waals surface area contributed by atoms with Crippen LogP contribution in [0.25, 0.3) is 0 Å². The maximum atomic E-state index is 13.6. The predicted octanol–water partition coefficient (Wildman–Crippen LogP) is 4.32. The summed E-state index contributed by atoms with van der Waals surface area (Å²) in [7, 11) is 0. The topological polar surface area (TPSA) is 46.9 Å². The number of aromatic nitrogens is 2. The number of carbonyl (C=O) groups excluding carboxylic acids is 1. The molecule has 3 aromatic rings. The molecule has 0 aliphatic carbocycles. The van der Waals surface area contributed by atoms with Crippen molar-refractivity contribution < 1.29 is 13.6 Å². The highest BCUT2D eigenvalue weighted by Gasteiger charge is 2.22. The summed E-state index contributed by atoms with van der Waals surface area (Å²) in [6.45, 7) is 6.50. The van der Waals surface area contributed by atoms with Gasteiger partial charge in [0, 0.05) is 18.4 Å². The van der Waals surface area contributed by atoms with Crippen LogP contribution in [0.5, 0.6) is 0 Å². The van der Waals surface area contributed by atoms with Gasteiger partial charge in [-0.1, -0.05) is 19.1 Å². The molecule has 0 atom stereocenters. The summed E-state index contributed by atoms with van der Waals surface area (Å²) < 4.78 is 28.8. The molecule has 1 aromatic carbocycles. The van der Waals surface area contributed by atoms with Crippen molar-refractivity contribution in [3.8, 4) is 0 Å². The fourth-order valence-corrected chi connectivity index (χ4v) is 3.54. The van der Waals surface area contributed by atoms with E-state index in [4.69, 9.17) is 0 Å². The zero-order chi connectivity index (χ0) is 20.3. The van der Waals surface area contributed by atoms with Crippen LogP contribution in [-0.2, 0) is 19.5 Å². The van der Waals surface area contributed by atoms with E-state index in [1.807, 2.05) is 43.5 Å². The van der Waals surface area contributed by atoms with Gasteiger partial charge in [0.25, 0.3) is 5.91 Å². The summed E-state index contributed by atoms with van der Waals surface area (Å²) in [6, 6.07) is 9.35. The monoisotopic (exact) mass is 383 g/mol. The van der Waals surface area contributed by atoms with E-state index in [1.54, 1.807) is 6.20 Å². The predicted molar refractivity (Wildman–Crippen MR) is 104 cm³/mol. The van der Waals surface area contributed by atoms with Gasteiger partial charge in [-0.25, -0.2) is 8.78 Å². The Hall–Kier alpha value is -3.02. The summed E-state index contributed by atoms with van der Waals surface area (Å²) in [6.07, 6.45) is 2.46. The summed E-state index contributed by atoms with van der Waals surface area (Å²) in [5.74, 6) is -1.99. The Kier molecular flexibility index (Phi) is 5.87. The van der Waals surface area contributed by atoms with Gasteiger partial charge in [-0.2, -0.15) is 0 Å². The van der Waals surface area contributed by atoms with Crippen LogP contribution >= 0.6 is 0 Å². The van der Waals surface area contributed by atoms with Crippen LogP contribution in [0.4, 0.5) is 8.78 Å². The van der Waals surface area contributed by atoms with Crippen molar-refractivity contribution in [2.75, 3.05) is 0 Å². The number of amides is 1. The normalized spacial score (nSPS) is 10.9. The van der Waals surface area contributed by atoms with Crippen molar-refractivity contribution in [1.29, 1.82) is 0 Å². The lowest BCUT2D eigenvalue weighted by Gasteiger charge is -2.13. The lowest BCUT2D eigenvalue weighted by molar-refractivity contribution is 0.0940. The molecule has 2 aromatic heterocycles. The fourth-order valence-electron chi connectivity index (χ4n) is 3.54. The number of halogens is 2. The number of hydrogen-bond donors (Lipinski definition) is 1. The Bertz CT molecular complexity index is 997. The number of pyridine rings is 1. The molecule has 0 saturated carbocycles. The molecule has 146 valence electrons.